The number of unbranched alkanes of at least 4 members (excludes halogenated alkanes) is 5. The molecule has 0 bridgehead atoms. The van der Waals surface area contributed by atoms with E-state index in [1.807, 2.05) is 0 Å². The van der Waals surface area contributed by atoms with Crippen molar-refractivity contribution in [3.63, 3.8) is 0 Å². The highest BCUT2D eigenvalue weighted by atomic mass is 16.2. The van der Waals surface area contributed by atoms with Crippen molar-refractivity contribution >= 4 is 11.6 Å². The maximum absolute atomic E-state index is 13.8. The van der Waals surface area contributed by atoms with Gasteiger partial charge in [0.15, 0.2) is 0 Å². The van der Waals surface area contributed by atoms with Crippen molar-refractivity contribution in [3.8, 4) is 0 Å². The van der Waals surface area contributed by atoms with Crippen LogP contribution in [0.1, 0.15) is 79.7 Å². The van der Waals surface area contributed by atoms with Crippen LogP contribution in [0.3, 0.4) is 0 Å². The van der Waals surface area contributed by atoms with Crippen LogP contribution in [0.15, 0.2) is 36.4 Å². The Morgan fingerprint density at radius 2 is 1.57 bits per heavy atom. The van der Waals surface area contributed by atoms with Crippen molar-refractivity contribution in [1.29, 1.82) is 0 Å². The number of hydrogen-bond acceptors (Lipinski definition) is 1. The lowest BCUT2D eigenvalue weighted by molar-refractivity contribution is -0.122. The molecule has 2 aromatic rings. The first-order valence-corrected chi connectivity index (χ1v) is 12.0. The number of carbonyl (C=O) groups is 1. The number of benzene rings is 2. The predicted octanol–water partition coefficient (Wildman–Crippen LogP) is 7.11. The molecule has 30 heavy (non-hydrogen) atoms. The van der Waals surface area contributed by atoms with E-state index in [0.717, 1.165) is 37.9 Å². The number of anilines is 1. The standard InChI is InChI=1S/C28H39NO/c1-5-6-7-8-9-12-17-29(27-22(3)18-21(2)19-23(27)4)28(30)26-16-15-24-13-10-11-14-25(24)20-26/h10-11,13-14,18-19,26H,5-9,12,15-17,20H2,1-4H3. The van der Waals surface area contributed by atoms with E-state index in [9.17, 15) is 4.79 Å². The third-order valence-electron chi connectivity index (χ3n) is 6.60. The fourth-order valence-corrected chi connectivity index (χ4v) is 5.11. The zero-order chi connectivity index (χ0) is 21.5. The lowest BCUT2D eigenvalue weighted by Crippen LogP contribution is -2.40. The van der Waals surface area contributed by atoms with Gasteiger partial charge in [-0.1, -0.05) is 81.0 Å². The molecule has 0 N–H and O–H groups in total. The molecule has 2 nitrogen and oxygen atoms in total. The van der Waals surface area contributed by atoms with E-state index in [1.54, 1.807) is 0 Å². The zero-order valence-corrected chi connectivity index (χ0v) is 19.5. The average Bonchev–Trinajstić information content (AvgIpc) is 2.73. The molecule has 0 saturated heterocycles. The summed E-state index contributed by atoms with van der Waals surface area (Å²) in [6, 6.07) is 13.1. The molecule has 1 atom stereocenters. The molecule has 0 fully saturated rings. The predicted molar refractivity (Wildman–Crippen MR) is 128 cm³/mol. The van der Waals surface area contributed by atoms with Crippen molar-refractivity contribution in [2.75, 3.05) is 11.4 Å². The van der Waals surface area contributed by atoms with Gasteiger partial charge >= 0.3 is 0 Å². The summed E-state index contributed by atoms with van der Waals surface area (Å²) in [5, 5.41) is 0. The summed E-state index contributed by atoms with van der Waals surface area (Å²) < 4.78 is 0. The van der Waals surface area contributed by atoms with Gasteiger partial charge in [-0.3, -0.25) is 4.79 Å². The normalized spacial score (nSPS) is 15.7. The molecular formula is C28H39NO. The van der Waals surface area contributed by atoms with Gasteiger partial charge < -0.3 is 4.90 Å². The van der Waals surface area contributed by atoms with E-state index in [4.69, 9.17) is 0 Å². The molecule has 2 heteroatoms. The lowest BCUT2D eigenvalue weighted by atomic mass is 9.83. The molecule has 162 valence electrons. The van der Waals surface area contributed by atoms with Gasteiger partial charge in [0.2, 0.25) is 5.91 Å². The Morgan fingerprint density at radius 3 is 2.27 bits per heavy atom. The summed E-state index contributed by atoms with van der Waals surface area (Å²) in [5.74, 6) is 0.424. The summed E-state index contributed by atoms with van der Waals surface area (Å²) in [5.41, 5.74) is 7.65. The first kappa shape index (κ1) is 22.6. The van der Waals surface area contributed by atoms with Gasteiger partial charge in [0.05, 0.1) is 0 Å². The summed E-state index contributed by atoms with van der Waals surface area (Å²) in [6.07, 6.45) is 10.3. The minimum Gasteiger partial charge on any atom is -0.312 e. The molecule has 0 radical (unpaired) electrons. The Bertz CT molecular complexity index is 830. The molecule has 1 unspecified atom stereocenters. The second kappa shape index (κ2) is 10.8. The molecule has 2 aromatic carbocycles. The highest BCUT2D eigenvalue weighted by molar-refractivity contribution is 5.97. The largest absolute Gasteiger partial charge is 0.312 e. The summed E-state index contributed by atoms with van der Waals surface area (Å²) in [4.78, 5) is 15.9. The smallest absolute Gasteiger partial charge is 0.230 e. The van der Waals surface area contributed by atoms with Crippen LogP contribution in [0.25, 0.3) is 0 Å². The van der Waals surface area contributed by atoms with Crippen LogP contribution in [0.5, 0.6) is 0 Å². The van der Waals surface area contributed by atoms with Gasteiger partial charge in [-0.2, -0.15) is 0 Å². The average molecular weight is 406 g/mol. The summed E-state index contributed by atoms with van der Waals surface area (Å²) in [7, 11) is 0. The first-order valence-electron chi connectivity index (χ1n) is 12.0. The summed E-state index contributed by atoms with van der Waals surface area (Å²) >= 11 is 0. The van der Waals surface area contributed by atoms with Gasteiger partial charge in [-0.05, 0) is 68.7 Å². The van der Waals surface area contributed by atoms with Crippen molar-refractivity contribution in [2.45, 2.75) is 85.5 Å². The minimum absolute atomic E-state index is 0.0973. The Labute approximate surface area is 183 Å². The van der Waals surface area contributed by atoms with Crippen LogP contribution in [-0.4, -0.2) is 12.5 Å². The van der Waals surface area contributed by atoms with E-state index in [0.29, 0.717) is 5.91 Å². The van der Waals surface area contributed by atoms with Crippen LogP contribution >= 0.6 is 0 Å². The Kier molecular flexibility index (Phi) is 8.13. The Morgan fingerprint density at radius 1 is 0.933 bits per heavy atom. The molecule has 1 aliphatic rings. The molecule has 1 amide bonds. The van der Waals surface area contributed by atoms with E-state index in [-0.39, 0.29) is 5.92 Å². The molecule has 0 spiro atoms. The first-order chi connectivity index (χ1) is 14.5. The van der Waals surface area contributed by atoms with Crippen molar-refractivity contribution in [2.24, 2.45) is 5.92 Å². The SMILES string of the molecule is CCCCCCCCN(C(=O)C1CCc2ccccc2C1)c1c(C)cc(C)cc1C. The summed E-state index contributed by atoms with van der Waals surface area (Å²) in [6.45, 7) is 9.56. The van der Waals surface area contributed by atoms with Crippen molar-refractivity contribution in [3.05, 3.63) is 64.2 Å². The van der Waals surface area contributed by atoms with E-state index < -0.39 is 0 Å². The van der Waals surface area contributed by atoms with Crippen LogP contribution < -0.4 is 4.90 Å². The molecule has 0 heterocycles. The number of rotatable bonds is 9. The van der Waals surface area contributed by atoms with Gasteiger partial charge in [0.25, 0.3) is 0 Å². The molecular weight excluding hydrogens is 366 g/mol. The molecule has 0 aromatic heterocycles. The lowest BCUT2D eigenvalue weighted by Gasteiger charge is -2.32. The maximum atomic E-state index is 13.8. The van der Waals surface area contributed by atoms with E-state index >= 15 is 0 Å². The van der Waals surface area contributed by atoms with Gasteiger partial charge in [0.1, 0.15) is 0 Å². The van der Waals surface area contributed by atoms with Crippen molar-refractivity contribution in [1.82, 2.24) is 0 Å². The quantitative estimate of drug-likeness (QED) is 0.407. The molecule has 0 saturated carbocycles. The monoisotopic (exact) mass is 405 g/mol. The fraction of sp³-hybridized carbons (Fsp3) is 0.536. The molecule has 0 aliphatic heterocycles. The van der Waals surface area contributed by atoms with Crippen LogP contribution in [-0.2, 0) is 17.6 Å². The van der Waals surface area contributed by atoms with E-state index in [2.05, 4.69) is 69.0 Å². The van der Waals surface area contributed by atoms with Gasteiger partial charge in [-0.25, -0.2) is 0 Å². The second-order valence-corrected chi connectivity index (χ2v) is 9.21. The number of amides is 1. The molecule has 3 rings (SSSR count). The number of nitrogens with zero attached hydrogens (tertiary/aromatic N) is 1. The number of carbonyl (C=O) groups excluding carboxylic acids is 1. The Balaban J connectivity index is 1.78. The third-order valence-corrected chi connectivity index (χ3v) is 6.60. The zero-order valence-electron chi connectivity index (χ0n) is 19.5. The van der Waals surface area contributed by atoms with Crippen LogP contribution in [0.4, 0.5) is 5.69 Å². The van der Waals surface area contributed by atoms with Crippen molar-refractivity contribution < 1.29 is 4.79 Å². The highest BCUT2D eigenvalue weighted by Crippen LogP contribution is 2.32. The van der Waals surface area contributed by atoms with Crippen LogP contribution in [0.2, 0.25) is 0 Å². The fourth-order valence-electron chi connectivity index (χ4n) is 5.11. The topological polar surface area (TPSA) is 20.3 Å². The number of fused-ring (bicyclic) bond motifs is 1. The highest BCUT2D eigenvalue weighted by Gasteiger charge is 2.30. The van der Waals surface area contributed by atoms with Gasteiger partial charge in [-0.15, -0.1) is 0 Å². The molecule has 1 aliphatic carbocycles. The Hall–Kier alpha value is -2.09. The number of aryl methyl sites for hydroxylation is 4. The third kappa shape index (κ3) is 5.53. The number of hydrogen-bond donors (Lipinski definition) is 0. The minimum atomic E-state index is 0.0973. The van der Waals surface area contributed by atoms with Crippen LogP contribution in [0, 0.1) is 26.7 Å². The van der Waals surface area contributed by atoms with Gasteiger partial charge in [0, 0.05) is 18.2 Å². The maximum Gasteiger partial charge on any atom is 0.230 e. The second-order valence-electron chi connectivity index (χ2n) is 9.21. The van der Waals surface area contributed by atoms with E-state index in [1.165, 1.54) is 59.9 Å².